The van der Waals surface area contributed by atoms with Gasteiger partial charge in [-0.15, -0.1) is 0 Å². The molecular weight excluding hydrogens is 408 g/mol. The highest BCUT2D eigenvalue weighted by Crippen LogP contribution is 2.22. The van der Waals surface area contributed by atoms with Gasteiger partial charge in [-0.05, 0) is 55.5 Å². The van der Waals surface area contributed by atoms with Crippen LogP contribution in [0.4, 0.5) is 17.2 Å². The maximum absolute atomic E-state index is 12.7. The molecule has 8 nitrogen and oxygen atoms in total. The monoisotopic (exact) mass is 430 g/mol. The minimum Gasteiger partial charge on any atom is -0.494 e. The van der Waals surface area contributed by atoms with Crippen molar-refractivity contribution in [1.82, 2.24) is 4.98 Å². The maximum Gasteiger partial charge on any atom is 0.342 e. The lowest BCUT2D eigenvalue weighted by atomic mass is 10.2. The number of pyridine rings is 1. The summed E-state index contributed by atoms with van der Waals surface area (Å²) in [5, 5.41) is 12.1. The first-order valence-electron chi connectivity index (χ1n) is 9.96. The standard InChI is InChI=1S/C24H22N4O4/c1-2-31-20-12-10-18(11-13-20)27-23-21(9-6-15-26-23)24(30)32-17-22(29)28(16-14-25)19-7-4-3-5-8-19/h3-13,15H,2,16-17H2,1H3,(H,26,27). The van der Waals surface area contributed by atoms with Gasteiger partial charge in [-0.1, -0.05) is 18.2 Å². The molecule has 32 heavy (non-hydrogen) atoms. The third-order valence-corrected chi connectivity index (χ3v) is 4.38. The summed E-state index contributed by atoms with van der Waals surface area (Å²) in [6.07, 6.45) is 1.54. The number of amides is 1. The second kappa shape index (κ2) is 11.1. The SMILES string of the molecule is CCOc1ccc(Nc2ncccc2C(=O)OCC(=O)N(CC#N)c2ccccc2)cc1. The second-order valence-corrected chi connectivity index (χ2v) is 6.53. The van der Waals surface area contributed by atoms with Crippen LogP contribution in [0.2, 0.25) is 0 Å². The third kappa shape index (κ3) is 5.83. The van der Waals surface area contributed by atoms with Gasteiger partial charge in [-0.2, -0.15) is 5.26 Å². The molecule has 0 aliphatic rings. The number of benzene rings is 2. The van der Waals surface area contributed by atoms with Crippen LogP contribution in [0.25, 0.3) is 0 Å². The molecule has 3 aromatic rings. The molecule has 2 aromatic carbocycles. The number of nitrogens with one attached hydrogen (secondary N) is 1. The predicted molar refractivity (Wildman–Crippen MR) is 120 cm³/mol. The van der Waals surface area contributed by atoms with Gasteiger partial charge in [0, 0.05) is 17.6 Å². The number of hydrogen-bond acceptors (Lipinski definition) is 7. The van der Waals surface area contributed by atoms with Crippen LogP contribution in [0, 0.1) is 11.3 Å². The smallest absolute Gasteiger partial charge is 0.342 e. The number of aromatic nitrogens is 1. The summed E-state index contributed by atoms with van der Waals surface area (Å²) in [5.74, 6) is -0.176. The molecule has 0 aliphatic carbocycles. The molecule has 0 unspecified atom stereocenters. The van der Waals surface area contributed by atoms with Gasteiger partial charge in [0.15, 0.2) is 6.61 Å². The molecule has 0 radical (unpaired) electrons. The number of carbonyl (C=O) groups excluding carboxylic acids is 2. The Morgan fingerprint density at radius 1 is 1.06 bits per heavy atom. The number of hydrogen-bond donors (Lipinski definition) is 1. The van der Waals surface area contributed by atoms with Gasteiger partial charge >= 0.3 is 5.97 Å². The lowest BCUT2D eigenvalue weighted by Gasteiger charge is -2.19. The molecule has 8 heteroatoms. The van der Waals surface area contributed by atoms with E-state index in [9.17, 15) is 9.59 Å². The molecule has 0 aliphatic heterocycles. The fourth-order valence-electron chi connectivity index (χ4n) is 2.89. The van der Waals surface area contributed by atoms with Gasteiger partial charge in [-0.3, -0.25) is 9.69 Å². The van der Waals surface area contributed by atoms with Crippen LogP contribution < -0.4 is 15.0 Å². The van der Waals surface area contributed by atoms with Crippen molar-refractivity contribution in [3.8, 4) is 11.8 Å². The first kappa shape index (κ1) is 22.3. The van der Waals surface area contributed by atoms with E-state index in [0.717, 1.165) is 5.75 Å². The quantitative estimate of drug-likeness (QED) is 0.405. The summed E-state index contributed by atoms with van der Waals surface area (Å²) in [4.78, 5) is 30.7. The van der Waals surface area contributed by atoms with E-state index < -0.39 is 18.5 Å². The van der Waals surface area contributed by atoms with Crippen molar-refractivity contribution in [3.63, 3.8) is 0 Å². The maximum atomic E-state index is 12.7. The van der Waals surface area contributed by atoms with E-state index in [4.69, 9.17) is 14.7 Å². The lowest BCUT2D eigenvalue weighted by molar-refractivity contribution is -0.121. The Hall–Kier alpha value is -4.38. The normalized spacial score (nSPS) is 10.0. The molecule has 1 N–H and O–H groups in total. The van der Waals surface area contributed by atoms with E-state index in [1.165, 1.54) is 4.90 Å². The Kier molecular flexibility index (Phi) is 7.76. The topological polar surface area (TPSA) is 105 Å². The van der Waals surface area contributed by atoms with Gasteiger partial charge < -0.3 is 14.8 Å². The molecule has 3 rings (SSSR count). The van der Waals surface area contributed by atoms with Gasteiger partial charge in [-0.25, -0.2) is 9.78 Å². The molecule has 162 valence electrons. The van der Waals surface area contributed by atoms with Crippen LogP contribution in [0.1, 0.15) is 17.3 Å². The number of rotatable bonds is 9. The summed E-state index contributed by atoms with van der Waals surface area (Å²) in [7, 11) is 0. The highest BCUT2D eigenvalue weighted by atomic mass is 16.5. The molecule has 1 aromatic heterocycles. The van der Waals surface area contributed by atoms with Crippen molar-refractivity contribution in [3.05, 3.63) is 78.5 Å². The van der Waals surface area contributed by atoms with E-state index in [0.29, 0.717) is 23.8 Å². The highest BCUT2D eigenvalue weighted by molar-refractivity contribution is 5.99. The average molecular weight is 430 g/mol. The number of nitriles is 1. The molecule has 1 heterocycles. The zero-order valence-electron chi connectivity index (χ0n) is 17.5. The van der Waals surface area contributed by atoms with E-state index in [1.807, 2.05) is 13.0 Å². The van der Waals surface area contributed by atoms with Crippen molar-refractivity contribution in [2.24, 2.45) is 0 Å². The van der Waals surface area contributed by atoms with Crippen LogP contribution in [0.3, 0.4) is 0 Å². The number of esters is 1. The summed E-state index contributed by atoms with van der Waals surface area (Å²) in [5.41, 5.74) is 1.44. The Balaban J connectivity index is 1.67. The lowest BCUT2D eigenvalue weighted by Crippen LogP contribution is -2.35. The Morgan fingerprint density at radius 3 is 2.50 bits per heavy atom. The minimum atomic E-state index is -0.704. The van der Waals surface area contributed by atoms with Gasteiger partial charge in [0.05, 0.1) is 12.7 Å². The third-order valence-electron chi connectivity index (χ3n) is 4.38. The largest absolute Gasteiger partial charge is 0.494 e. The summed E-state index contributed by atoms with van der Waals surface area (Å²) in [6, 6.07) is 21.1. The molecule has 0 spiro atoms. The fraction of sp³-hybridized carbons (Fsp3) is 0.167. The molecule has 0 fully saturated rings. The van der Waals surface area contributed by atoms with E-state index in [2.05, 4.69) is 10.3 Å². The van der Waals surface area contributed by atoms with Crippen LogP contribution in [-0.2, 0) is 9.53 Å². The average Bonchev–Trinajstić information content (AvgIpc) is 2.83. The molecule has 0 saturated heterocycles. The predicted octanol–water partition coefficient (Wildman–Crippen LogP) is 3.94. The Labute approximate surface area is 186 Å². The minimum absolute atomic E-state index is 0.155. The number of carbonyl (C=O) groups is 2. The van der Waals surface area contributed by atoms with E-state index >= 15 is 0 Å². The fourth-order valence-corrected chi connectivity index (χ4v) is 2.89. The van der Waals surface area contributed by atoms with Gasteiger partial charge in [0.25, 0.3) is 5.91 Å². The van der Waals surface area contributed by atoms with Crippen molar-refractivity contribution >= 4 is 29.1 Å². The van der Waals surface area contributed by atoms with Gasteiger partial charge in [0.2, 0.25) is 0 Å². The first-order chi connectivity index (χ1) is 15.6. The molecule has 1 amide bonds. The summed E-state index contributed by atoms with van der Waals surface area (Å²) >= 11 is 0. The van der Waals surface area contributed by atoms with Gasteiger partial charge in [0.1, 0.15) is 23.7 Å². The van der Waals surface area contributed by atoms with Crippen LogP contribution in [-0.4, -0.2) is 36.6 Å². The van der Waals surface area contributed by atoms with E-state index in [-0.39, 0.29) is 12.1 Å². The zero-order valence-corrected chi connectivity index (χ0v) is 17.5. The molecular formula is C24H22N4O4. The summed E-state index contributed by atoms with van der Waals surface area (Å²) in [6.45, 7) is 1.81. The van der Waals surface area contributed by atoms with Crippen molar-refractivity contribution in [1.29, 1.82) is 5.26 Å². The number of anilines is 3. The second-order valence-electron chi connectivity index (χ2n) is 6.53. The molecule has 0 bridgehead atoms. The zero-order chi connectivity index (χ0) is 22.8. The Bertz CT molecular complexity index is 1090. The van der Waals surface area contributed by atoms with Crippen molar-refractivity contribution in [2.45, 2.75) is 6.92 Å². The number of ether oxygens (including phenoxy) is 2. The number of para-hydroxylation sites is 1. The Morgan fingerprint density at radius 2 is 1.81 bits per heavy atom. The van der Waals surface area contributed by atoms with Crippen LogP contribution >= 0.6 is 0 Å². The van der Waals surface area contributed by atoms with Crippen molar-refractivity contribution < 1.29 is 19.1 Å². The van der Waals surface area contributed by atoms with E-state index in [1.54, 1.807) is 72.9 Å². The van der Waals surface area contributed by atoms with Crippen LogP contribution in [0.5, 0.6) is 5.75 Å². The highest BCUT2D eigenvalue weighted by Gasteiger charge is 2.20. The summed E-state index contributed by atoms with van der Waals surface area (Å²) < 4.78 is 10.7. The molecule has 0 saturated carbocycles. The number of nitrogens with zero attached hydrogens (tertiary/aromatic N) is 3. The van der Waals surface area contributed by atoms with Crippen LogP contribution in [0.15, 0.2) is 72.9 Å². The van der Waals surface area contributed by atoms with Crippen molar-refractivity contribution in [2.75, 3.05) is 30.0 Å². The molecule has 0 atom stereocenters. The first-order valence-corrected chi connectivity index (χ1v) is 9.96.